The fraction of sp³-hybridized carbons (Fsp3) is 0.417. The number of rotatable bonds is 7. The molecule has 0 spiro atoms. The third kappa shape index (κ3) is 4.85. The second kappa shape index (κ2) is 7.42. The molecule has 0 bridgehead atoms. The third-order valence-corrected chi connectivity index (χ3v) is 4.45. The fourth-order valence-corrected chi connectivity index (χ4v) is 2.96. The molecule has 0 unspecified atom stereocenters. The Labute approximate surface area is 103 Å². The predicted molar refractivity (Wildman–Crippen MR) is 66.9 cm³/mol. The highest BCUT2D eigenvalue weighted by Gasteiger charge is 2.22. The van der Waals surface area contributed by atoms with Crippen molar-refractivity contribution in [3.05, 3.63) is 35.6 Å². The number of aliphatic hydroxyl groups excluding tert-OH is 2. The summed E-state index contributed by atoms with van der Waals surface area (Å²) in [4.78, 5) is 11.8. The Morgan fingerprint density at radius 2 is 1.65 bits per heavy atom. The molecule has 0 amide bonds. The summed E-state index contributed by atoms with van der Waals surface area (Å²) in [6, 6.07) is 5.42. The maximum Gasteiger partial charge on any atom is 0.211 e. The average molecular weight is 259 g/mol. The summed E-state index contributed by atoms with van der Waals surface area (Å²) in [5.41, 5.74) is 0.472. The van der Waals surface area contributed by atoms with E-state index in [9.17, 15) is 9.18 Å². The van der Waals surface area contributed by atoms with Crippen molar-refractivity contribution in [1.82, 2.24) is 0 Å². The van der Waals surface area contributed by atoms with Gasteiger partial charge in [0.1, 0.15) is 17.3 Å². The van der Waals surface area contributed by atoms with Gasteiger partial charge in [-0.25, -0.2) is 4.39 Å². The Balaban J connectivity index is 2.60. The van der Waals surface area contributed by atoms with Crippen LogP contribution in [0.5, 0.6) is 0 Å². The molecule has 1 rings (SSSR count). The van der Waals surface area contributed by atoms with E-state index in [-0.39, 0.29) is 35.7 Å². The molecule has 2 N–H and O–H groups in total. The summed E-state index contributed by atoms with van der Waals surface area (Å²) in [7, 11) is -0.304. The van der Waals surface area contributed by atoms with Gasteiger partial charge >= 0.3 is 0 Å². The molecule has 0 aromatic heterocycles. The number of ketones is 1. The quantitative estimate of drug-likeness (QED) is 0.557. The van der Waals surface area contributed by atoms with Crippen molar-refractivity contribution in [1.29, 1.82) is 0 Å². The van der Waals surface area contributed by atoms with Crippen molar-refractivity contribution >= 4 is 16.7 Å². The molecule has 0 radical (unpaired) electrons. The Morgan fingerprint density at radius 1 is 1.12 bits per heavy atom. The van der Waals surface area contributed by atoms with Crippen LogP contribution < -0.4 is 0 Å². The van der Waals surface area contributed by atoms with E-state index in [1.807, 2.05) is 0 Å². The largest absolute Gasteiger partial charge is 0.391 e. The molecule has 1 aromatic carbocycles. The lowest BCUT2D eigenvalue weighted by molar-refractivity contribution is 0.102. The topological polar surface area (TPSA) is 57.5 Å². The summed E-state index contributed by atoms with van der Waals surface area (Å²) in [5, 5.41) is 17.7. The standard InChI is InChI=1S/C12H16FO3S/c13-11-3-1-10(2-4-11)12(16)9-17(7-5-14)8-6-15/h1-4,14-15H,5-9H2/q+1. The van der Waals surface area contributed by atoms with Gasteiger partial charge in [0.2, 0.25) is 5.78 Å². The number of hydrogen-bond donors (Lipinski definition) is 2. The Kier molecular flexibility index (Phi) is 6.18. The lowest BCUT2D eigenvalue weighted by Crippen LogP contribution is -2.25. The van der Waals surface area contributed by atoms with Crippen LogP contribution in [0.25, 0.3) is 0 Å². The number of carbonyl (C=O) groups excluding carboxylic acids is 1. The van der Waals surface area contributed by atoms with Gasteiger partial charge < -0.3 is 10.2 Å². The van der Waals surface area contributed by atoms with E-state index >= 15 is 0 Å². The van der Waals surface area contributed by atoms with E-state index in [4.69, 9.17) is 10.2 Å². The maximum absolute atomic E-state index is 12.7. The molecule has 0 atom stereocenters. The van der Waals surface area contributed by atoms with Gasteiger partial charge in [0.25, 0.3) is 0 Å². The van der Waals surface area contributed by atoms with Gasteiger partial charge in [-0.2, -0.15) is 0 Å². The van der Waals surface area contributed by atoms with Gasteiger partial charge in [-0.3, -0.25) is 4.79 Å². The maximum atomic E-state index is 12.7. The van der Waals surface area contributed by atoms with Crippen LogP contribution in [0.3, 0.4) is 0 Å². The molecule has 3 nitrogen and oxygen atoms in total. The number of carbonyl (C=O) groups is 1. The van der Waals surface area contributed by atoms with Crippen LogP contribution in [0.2, 0.25) is 0 Å². The van der Waals surface area contributed by atoms with E-state index in [0.29, 0.717) is 22.8 Å². The first-order valence-corrected chi connectivity index (χ1v) is 7.05. The molecule has 0 aliphatic heterocycles. The molecule has 0 fully saturated rings. The minimum Gasteiger partial charge on any atom is -0.391 e. The Hall–Kier alpha value is -0.910. The van der Waals surface area contributed by atoms with Crippen LogP contribution in [-0.4, -0.2) is 46.5 Å². The summed E-state index contributed by atoms with van der Waals surface area (Å²) < 4.78 is 12.7. The normalized spacial score (nSPS) is 10.8. The zero-order valence-electron chi connectivity index (χ0n) is 9.43. The molecule has 5 heteroatoms. The SMILES string of the molecule is O=C(C[S+](CCO)CCO)c1ccc(F)cc1. The fourth-order valence-electron chi connectivity index (χ4n) is 1.41. The van der Waals surface area contributed by atoms with Crippen molar-refractivity contribution in [3.8, 4) is 0 Å². The van der Waals surface area contributed by atoms with E-state index in [0.717, 1.165) is 0 Å². The molecule has 94 valence electrons. The number of aliphatic hydroxyl groups is 2. The van der Waals surface area contributed by atoms with Crippen LogP contribution in [0.15, 0.2) is 24.3 Å². The number of halogens is 1. The molecule has 0 saturated heterocycles. The first-order valence-electron chi connectivity index (χ1n) is 5.32. The molecule has 0 aliphatic carbocycles. The summed E-state index contributed by atoms with van der Waals surface area (Å²) in [6.07, 6.45) is 0. The molecular formula is C12H16FO3S+. The lowest BCUT2D eigenvalue weighted by atomic mass is 10.1. The van der Waals surface area contributed by atoms with E-state index in [1.54, 1.807) is 0 Å². The highest BCUT2D eigenvalue weighted by molar-refractivity contribution is 7.97. The van der Waals surface area contributed by atoms with Gasteiger partial charge in [0.05, 0.1) is 13.2 Å². The van der Waals surface area contributed by atoms with Crippen LogP contribution in [0.4, 0.5) is 4.39 Å². The molecule has 0 aliphatic rings. The van der Waals surface area contributed by atoms with E-state index in [2.05, 4.69) is 0 Å². The Morgan fingerprint density at radius 3 is 2.12 bits per heavy atom. The van der Waals surface area contributed by atoms with Gasteiger partial charge in [0, 0.05) is 16.5 Å². The van der Waals surface area contributed by atoms with Crippen molar-refractivity contribution in [2.75, 3.05) is 30.5 Å². The summed E-state index contributed by atoms with van der Waals surface area (Å²) >= 11 is 0. The smallest absolute Gasteiger partial charge is 0.211 e. The minimum atomic E-state index is -0.369. The zero-order chi connectivity index (χ0) is 12.7. The summed E-state index contributed by atoms with van der Waals surface area (Å²) in [5.74, 6) is 0.898. The number of benzene rings is 1. The van der Waals surface area contributed by atoms with Crippen molar-refractivity contribution < 1.29 is 19.4 Å². The van der Waals surface area contributed by atoms with Gasteiger partial charge in [-0.05, 0) is 24.3 Å². The highest BCUT2D eigenvalue weighted by Crippen LogP contribution is 2.07. The monoisotopic (exact) mass is 259 g/mol. The molecule has 1 aromatic rings. The molecule has 0 heterocycles. The first-order chi connectivity index (χ1) is 8.17. The van der Waals surface area contributed by atoms with E-state index in [1.165, 1.54) is 24.3 Å². The zero-order valence-corrected chi connectivity index (χ0v) is 10.3. The van der Waals surface area contributed by atoms with Gasteiger partial charge in [-0.15, -0.1) is 0 Å². The number of Topliss-reactive ketones (excluding diaryl/α,β-unsaturated/α-hetero) is 1. The van der Waals surface area contributed by atoms with Crippen molar-refractivity contribution in [2.24, 2.45) is 0 Å². The minimum absolute atomic E-state index is 0.0137. The van der Waals surface area contributed by atoms with Crippen molar-refractivity contribution in [3.63, 3.8) is 0 Å². The average Bonchev–Trinajstić information content (AvgIpc) is 2.30. The predicted octanol–water partition coefficient (Wildman–Crippen LogP) is 0.611. The molecular weight excluding hydrogens is 243 g/mol. The van der Waals surface area contributed by atoms with Gasteiger partial charge in [0.15, 0.2) is 5.75 Å². The lowest BCUT2D eigenvalue weighted by Gasteiger charge is -2.05. The van der Waals surface area contributed by atoms with E-state index < -0.39 is 0 Å². The second-order valence-electron chi connectivity index (χ2n) is 3.54. The summed E-state index contributed by atoms with van der Waals surface area (Å²) in [6.45, 7) is 0.0274. The van der Waals surface area contributed by atoms with Crippen molar-refractivity contribution in [2.45, 2.75) is 0 Å². The highest BCUT2D eigenvalue weighted by atomic mass is 32.2. The van der Waals surface area contributed by atoms with Gasteiger partial charge in [-0.1, -0.05) is 0 Å². The third-order valence-electron chi connectivity index (χ3n) is 2.26. The number of hydrogen-bond acceptors (Lipinski definition) is 3. The van der Waals surface area contributed by atoms with Crippen LogP contribution in [0.1, 0.15) is 10.4 Å². The van der Waals surface area contributed by atoms with Crippen LogP contribution in [0, 0.1) is 5.82 Å². The van der Waals surface area contributed by atoms with Crippen LogP contribution >= 0.6 is 0 Å². The molecule has 17 heavy (non-hydrogen) atoms. The first kappa shape index (κ1) is 14.2. The molecule has 0 saturated carbocycles. The second-order valence-corrected chi connectivity index (χ2v) is 5.87. The van der Waals surface area contributed by atoms with Crippen LogP contribution in [-0.2, 0) is 10.9 Å². The Bertz CT molecular complexity index is 347.